The molecule has 0 atom stereocenters. The standard InChI is InChI=1S/C25H26F3N3O3/c1-3-17-4-6-18(7-5-17)14-29-22(33)15-31-23(30-16(2)21(12-13-32)24(31)34)19-8-10-20(11-9-19)25(26,27)28/h4-11,32H,3,12-15H2,1-2H3,(H,29,33). The average Bonchev–Trinajstić information content (AvgIpc) is 2.82. The lowest BCUT2D eigenvalue weighted by atomic mass is 10.1. The molecule has 9 heteroatoms. The van der Waals surface area contributed by atoms with Crippen LogP contribution in [0.15, 0.2) is 53.3 Å². The first-order valence-corrected chi connectivity index (χ1v) is 10.9. The van der Waals surface area contributed by atoms with Gasteiger partial charge in [0.1, 0.15) is 12.4 Å². The molecule has 2 N–H and O–H groups in total. The number of nitrogens with one attached hydrogen (secondary N) is 1. The number of carbonyl (C=O) groups is 1. The van der Waals surface area contributed by atoms with Crippen LogP contribution in [0.5, 0.6) is 0 Å². The van der Waals surface area contributed by atoms with Crippen molar-refractivity contribution in [2.45, 2.75) is 46.0 Å². The van der Waals surface area contributed by atoms with E-state index in [-0.39, 0.29) is 43.1 Å². The molecular formula is C25H26F3N3O3. The van der Waals surface area contributed by atoms with E-state index >= 15 is 0 Å². The molecule has 0 bridgehead atoms. The van der Waals surface area contributed by atoms with E-state index < -0.39 is 23.2 Å². The van der Waals surface area contributed by atoms with E-state index in [4.69, 9.17) is 0 Å². The zero-order chi connectivity index (χ0) is 24.9. The second-order valence-electron chi connectivity index (χ2n) is 7.89. The van der Waals surface area contributed by atoms with Gasteiger partial charge < -0.3 is 10.4 Å². The Morgan fingerprint density at radius 3 is 2.24 bits per heavy atom. The number of rotatable bonds is 8. The van der Waals surface area contributed by atoms with Gasteiger partial charge in [-0.1, -0.05) is 43.3 Å². The summed E-state index contributed by atoms with van der Waals surface area (Å²) in [7, 11) is 0. The first kappa shape index (κ1) is 25.2. The third-order valence-corrected chi connectivity index (χ3v) is 5.52. The maximum Gasteiger partial charge on any atom is 0.416 e. The second-order valence-corrected chi connectivity index (χ2v) is 7.89. The van der Waals surface area contributed by atoms with Crippen LogP contribution in [-0.4, -0.2) is 27.2 Å². The summed E-state index contributed by atoms with van der Waals surface area (Å²) < 4.78 is 40.0. The highest BCUT2D eigenvalue weighted by Crippen LogP contribution is 2.30. The number of benzene rings is 2. The summed E-state index contributed by atoms with van der Waals surface area (Å²) in [6.45, 7) is 3.25. The minimum atomic E-state index is -4.50. The van der Waals surface area contributed by atoms with Gasteiger partial charge in [0.25, 0.3) is 5.56 Å². The van der Waals surface area contributed by atoms with Gasteiger partial charge in [0.2, 0.25) is 5.91 Å². The normalized spacial score (nSPS) is 11.5. The van der Waals surface area contributed by atoms with Crippen molar-refractivity contribution in [1.29, 1.82) is 0 Å². The summed E-state index contributed by atoms with van der Waals surface area (Å²) in [5.41, 5.74) is 1.59. The van der Waals surface area contributed by atoms with Crippen molar-refractivity contribution in [3.05, 3.63) is 86.8 Å². The Morgan fingerprint density at radius 1 is 1.06 bits per heavy atom. The Bertz CT molecular complexity index is 1200. The van der Waals surface area contributed by atoms with E-state index in [0.717, 1.165) is 28.7 Å². The molecule has 3 rings (SSSR count). The van der Waals surface area contributed by atoms with Gasteiger partial charge in [-0.15, -0.1) is 0 Å². The highest BCUT2D eigenvalue weighted by Gasteiger charge is 2.30. The molecule has 0 unspecified atom stereocenters. The lowest BCUT2D eigenvalue weighted by molar-refractivity contribution is -0.137. The van der Waals surface area contributed by atoms with E-state index in [2.05, 4.69) is 10.3 Å². The predicted molar refractivity (Wildman–Crippen MR) is 122 cm³/mol. The van der Waals surface area contributed by atoms with Crippen LogP contribution < -0.4 is 10.9 Å². The summed E-state index contributed by atoms with van der Waals surface area (Å²) in [6.07, 6.45) is -3.54. The van der Waals surface area contributed by atoms with Gasteiger partial charge >= 0.3 is 6.18 Å². The molecule has 34 heavy (non-hydrogen) atoms. The number of aliphatic hydroxyl groups excluding tert-OH is 1. The number of amides is 1. The van der Waals surface area contributed by atoms with Crippen LogP contribution in [0, 0.1) is 6.92 Å². The largest absolute Gasteiger partial charge is 0.416 e. The average molecular weight is 473 g/mol. The molecule has 1 aromatic heterocycles. The molecule has 0 aliphatic carbocycles. The van der Waals surface area contributed by atoms with Gasteiger partial charge in [-0.3, -0.25) is 14.2 Å². The van der Waals surface area contributed by atoms with E-state index in [0.29, 0.717) is 5.69 Å². The number of aryl methyl sites for hydroxylation is 2. The molecule has 1 heterocycles. The fourth-order valence-corrected chi connectivity index (χ4v) is 3.57. The van der Waals surface area contributed by atoms with E-state index in [1.54, 1.807) is 6.92 Å². The number of carbonyl (C=O) groups excluding carboxylic acids is 1. The van der Waals surface area contributed by atoms with E-state index in [1.165, 1.54) is 17.7 Å². The smallest absolute Gasteiger partial charge is 0.396 e. The van der Waals surface area contributed by atoms with Crippen molar-refractivity contribution >= 4 is 5.91 Å². The van der Waals surface area contributed by atoms with E-state index in [9.17, 15) is 27.9 Å². The van der Waals surface area contributed by atoms with Crippen molar-refractivity contribution in [2.75, 3.05) is 6.61 Å². The molecule has 0 spiro atoms. The van der Waals surface area contributed by atoms with Gasteiger partial charge in [0.15, 0.2) is 0 Å². The summed E-state index contributed by atoms with van der Waals surface area (Å²) in [5, 5.41) is 12.1. The number of hydrogen-bond donors (Lipinski definition) is 2. The Morgan fingerprint density at radius 2 is 1.68 bits per heavy atom. The van der Waals surface area contributed by atoms with Crippen molar-refractivity contribution in [2.24, 2.45) is 0 Å². The van der Waals surface area contributed by atoms with Crippen LogP contribution in [0.25, 0.3) is 11.4 Å². The zero-order valence-electron chi connectivity index (χ0n) is 18.9. The predicted octanol–water partition coefficient (Wildman–Crippen LogP) is 3.65. The summed E-state index contributed by atoms with van der Waals surface area (Å²) in [4.78, 5) is 30.2. The zero-order valence-corrected chi connectivity index (χ0v) is 18.9. The van der Waals surface area contributed by atoms with Crippen LogP contribution in [0.4, 0.5) is 13.2 Å². The third-order valence-electron chi connectivity index (χ3n) is 5.52. The highest BCUT2D eigenvalue weighted by molar-refractivity contribution is 5.76. The van der Waals surface area contributed by atoms with E-state index in [1.807, 2.05) is 31.2 Å². The number of aromatic nitrogens is 2. The molecule has 6 nitrogen and oxygen atoms in total. The molecule has 0 aliphatic rings. The molecule has 0 aliphatic heterocycles. The van der Waals surface area contributed by atoms with Gasteiger partial charge in [0.05, 0.1) is 5.56 Å². The Labute approximate surface area is 195 Å². The van der Waals surface area contributed by atoms with Crippen molar-refractivity contribution in [3.8, 4) is 11.4 Å². The Hall–Kier alpha value is -3.46. The SMILES string of the molecule is CCc1ccc(CNC(=O)Cn2c(-c3ccc(C(F)(F)F)cc3)nc(C)c(CCO)c2=O)cc1. The topological polar surface area (TPSA) is 84.2 Å². The minimum Gasteiger partial charge on any atom is -0.396 e. The van der Waals surface area contributed by atoms with Crippen LogP contribution in [0.3, 0.4) is 0 Å². The maximum atomic E-state index is 13.1. The van der Waals surface area contributed by atoms with Gasteiger partial charge in [0, 0.05) is 36.4 Å². The molecule has 0 fully saturated rings. The molecule has 0 saturated carbocycles. The Balaban J connectivity index is 1.91. The lowest BCUT2D eigenvalue weighted by Gasteiger charge is -2.16. The van der Waals surface area contributed by atoms with Crippen LogP contribution in [0.2, 0.25) is 0 Å². The minimum absolute atomic E-state index is 0.0519. The maximum absolute atomic E-state index is 13.1. The fourth-order valence-electron chi connectivity index (χ4n) is 3.57. The first-order chi connectivity index (χ1) is 16.1. The number of halogens is 3. The van der Waals surface area contributed by atoms with Gasteiger partial charge in [-0.25, -0.2) is 4.98 Å². The van der Waals surface area contributed by atoms with Gasteiger partial charge in [-0.2, -0.15) is 13.2 Å². The monoisotopic (exact) mass is 473 g/mol. The molecule has 0 radical (unpaired) electrons. The lowest BCUT2D eigenvalue weighted by Crippen LogP contribution is -2.35. The molecule has 1 amide bonds. The van der Waals surface area contributed by atoms with Crippen LogP contribution in [-0.2, 0) is 36.9 Å². The molecule has 180 valence electrons. The number of nitrogens with zero attached hydrogens (tertiary/aromatic N) is 2. The second kappa shape index (κ2) is 10.6. The van der Waals surface area contributed by atoms with Crippen molar-refractivity contribution in [3.63, 3.8) is 0 Å². The summed E-state index contributed by atoms with van der Waals surface area (Å²) in [6, 6.07) is 12.0. The van der Waals surface area contributed by atoms with Crippen molar-refractivity contribution < 1.29 is 23.1 Å². The third kappa shape index (κ3) is 5.91. The Kier molecular flexibility index (Phi) is 7.88. The van der Waals surface area contributed by atoms with Crippen LogP contribution >= 0.6 is 0 Å². The summed E-state index contributed by atoms with van der Waals surface area (Å²) in [5.74, 6) is -0.365. The number of hydrogen-bond acceptors (Lipinski definition) is 4. The number of alkyl halides is 3. The van der Waals surface area contributed by atoms with Crippen LogP contribution in [0.1, 0.15) is 34.9 Å². The quantitative estimate of drug-likeness (QED) is 0.523. The summed E-state index contributed by atoms with van der Waals surface area (Å²) >= 11 is 0. The number of aliphatic hydroxyl groups is 1. The molecule has 2 aromatic carbocycles. The first-order valence-electron chi connectivity index (χ1n) is 10.9. The molecule has 0 saturated heterocycles. The van der Waals surface area contributed by atoms with Gasteiger partial charge in [-0.05, 0) is 36.6 Å². The van der Waals surface area contributed by atoms with Crippen molar-refractivity contribution in [1.82, 2.24) is 14.9 Å². The highest BCUT2D eigenvalue weighted by atomic mass is 19.4. The molecular weight excluding hydrogens is 447 g/mol. The molecule has 3 aromatic rings. The fraction of sp³-hybridized carbons (Fsp3) is 0.320.